The predicted octanol–water partition coefficient (Wildman–Crippen LogP) is 4.64. The van der Waals surface area contributed by atoms with Gasteiger partial charge in [-0.1, -0.05) is 23.2 Å². The quantitative estimate of drug-likeness (QED) is 0.215. The predicted molar refractivity (Wildman–Crippen MR) is 144 cm³/mol. The number of hydrazone groups is 1. The minimum absolute atomic E-state index is 0.0988. The lowest BCUT2D eigenvalue weighted by molar-refractivity contribution is -0.139. The van der Waals surface area contributed by atoms with E-state index >= 15 is 0 Å². The largest absolute Gasteiger partial charge is 0.497 e. The number of hydrogen-bond acceptors (Lipinski definition) is 7. The Bertz CT molecular complexity index is 1520. The molecule has 0 saturated carbocycles. The van der Waals surface area contributed by atoms with Crippen LogP contribution in [0.5, 0.6) is 17.2 Å². The molecule has 0 aliphatic carbocycles. The number of ether oxygens (including phenoxy) is 3. The van der Waals surface area contributed by atoms with E-state index in [2.05, 4.69) is 15.5 Å². The molecule has 0 radical (unpaired) electrons. The summed E-state index contributed by atoms with van der Waals surface area (Å²) in [6.07, 6.45) is 1.43. The van der Waals surface area contributed by atoms with Crippen molar-refractivity contribution in [2.45, 2.75) is 6.54 Å². The van der Waals surface area contributed by atoms with Crippen LogP contribution in [-0.2, 0) is 16.1 Å². The van der Waals surface area contributed by atoms with Gasteiger partial charge in [-0.3, -0.25) is 4.79 Å². The fraction of sp³-hybridized carbons (Fsp3) is 0.154. The molecule has 3 aromatic carbocycles. The zero-order valence-corrected chi connectivity index (χ0v) is 21.8. The number of benzene rings is 3. The van der Waals surface area contributed by atoms with Crippen LogP contribution in [-0.4, -0.2) is 53.6 Å². The van der Waals surface area contributed by atoms with E-state index in [1.165, 1.54) is 13.3 Å². The number of nitrogens with one attached hydrogen (secondary N) is 1. The van der Waals surface area contributed by atoms with Crippen LogP contribution in [0.3, 0.4) is 0 Å². The van der Waals surface area contributed by atoms with Crippen LogP contribution in [0.15, 0.2) is 59.7 Å². The van der Waals surface area contributed by atoms with Crippen molar-refractivity contribution in [2.75, 3.05) is 20.8 Å². The fourth-order valence-electron chi connectivity index (χ4n) is 3.62. The second-order valence-electron chi connectivity index (χ2n) is 7.89. The Morgan fingerprint density at radius 1 is 1.03 bits per heavy atom. The van der Waals surface area contributed by atoms with Gasteiger partial charge in [0.2, 0.25) is 0 Å². The van der Waals surface area contributed by atoms with Crippen LogP contribution in [0.25, 0.3) is 22.4 Å². The molecule has 4 aromatic rings. The average molecular weight is 557 g/mol. The number of carbonyl (C=O) groups excluding carboxylic acids is 1. The highest BCUT2D eigenvalue weighted by molar-refractivity contribution is 6.42. The molecule has 0 unspecified atom stereocenters. The van der Waals surface area contributed by atoms with E-state index in [9.17, 15) is 9.59 Å². The fourth-order valence-corrected chi connectivity index (χ4v) is 3.94. The van der Waals surface area contributed by atoms with E-state index in [-0.39, 0.29) is 12.3 Å². The summed E-state index contributed by atoms with van der Waals surface area (Å²) in [5, 5.41) is 13.5. The van der Waals surface area contributed by atoms with E-state index in [4.69, 9.17) is 42.5 Å². The number of fused-ring (bicyclic) bond motifs is 1. The van der Waals surface area contributed by atoms with E-state index in [1.54, 1.807) is 54.1 Å². The number of carboxylic acid groups (broad SMARTS) is 1. The Kier molecular flexibility index (Phi) is 8.35. The average Bonchev–Trinajstić information content (AvgIpc) is 3.24. The van der Waals surface area contributed by atoms with Crippen LogP contribution in [0, 0.1) is 0 Å². The minimum atomic E-state index is -1.11. The number of methoxy groups -OCH3 is 2. The van der Waals surface area contributed by atoms with Crippen molar-refractivity contribution >= 4 is 52.3 Å². The number of hydrogen-bond donors (Lipinski definition) is 2. The summed E-state index contributed by atoms with van der Waals surface area (Å²) in [6.45, 7) is -0.600. The molecule has 12 heteroatoms. The van der Waals surface area contributed by atoms with Crippen molar-refractivity contribution in [1.82, 2.24) is 15.0 Å². The first kappa shape index (κ1) is 26.8. The first-order valence-corrected chi connectivity index (χ1v) is 11.9. The van der Waals surface area contributed by atoms with E-state index in [0.717, 1.165) is 5.56 Å². The highest BCUT2D eigenvalue weighted by atomic mass is 35.5. The molecule has 10 nitrogen and oxygen atoms in total. The third-order valence-electron chi connectivity index (χ3n) is 5.38. The van der Waals surface area contributed by atoms with Gasteiger partial charge in [0.05, 0.1) is 41.5 Å². The maximum atomic E-state index is 12.9. The summed E-state index contributed by atoms with van der Waals surface area (Å²) < 4.78 is 17.4. The van der Waals surface area contributed by atoms with E-state index < -0.39 is 18.5 Å². The van der Waals surface area contributed by atoms with Gasteiger partial charge in [0, 0.05) is 5.56 Å². The Hall–Kier alpha value is -4.28. The van der Waals surface area contributed by atoms with E-state index in [1.807, 2.05) is 12.1 Å². The SMILES string of the molecule is COc1ccc(-c2nc3cc(Cl)c(Cl)cc3n2CC(=O)NN=Cc2ccc(OCC(=O)O)c(OC)c2)cc1. The molecule has 0 atom stereocenters. The lowest BCUT2D eigenvalue weighted by Crippen LogP contribution is -2.23. The molecule has 0 fully saturated rings. The van der Waals surface area contributed by atoms with Gasteiger partial charge >= 0.3 is 5.97 Å². The highest BCUT2D eigenvalue weighted by Gasteiger charge is 2.17. The molecule has 0 saturated heterocycles. The molecule has 1 heterocycles. The number of carboxylic acids is 1. The van der Waals surface area contributed by atoms with Crippen LogP contribution in [0.4, 0.5) is 0 Å². The molecular formula is C26H22Cl2N4O6. The molecule has 1 amide bonds. The molecule has 1 aromatic heterocycles. The number of nitrogens with zero attached hydrogens (tertiary/aromatic N) is 3. The Morgan fingerprint density at radius 3 is 2.45 bits per heavy atom. The molecule has 0 aliphatic rings. The first-order chi connectivity index (χ1) is 18.3. The standard InChI is InChI=1S/C26H22Cl2N4O6/c1-36-17-6-4-16(5-7-17)26-30-20-10-18(27)19(28)11-21(20)32(26)13-24(33)31-29-12-15-3-8-22(23(9-15)37-2)38-14-25(34)35/h3-12H,13-14H2,1-2H3,(H,31,33)(H,34,35). The molecule has 4 rings (SSSR count). The second-order valence-corrected chi connectivity index (χ2v) is 8.71. The number of aliphatic carboxylic acids is 1. The van der Waals surface area contributed by atoms with Gasteiger partial charge in [-0.25, -0.2) is 15.2 Å². The zero-order chi connectivity index (χ0) is 27.2. The summed E-state index contributed by atoms with van der Waals surface area (Å²) in [4.78, 5) is 28.3. The van der Waals surface area contributed by atoms with Crippen LogP contribution >= 0.6 is 23.2 Å². The molecule has 0 aliphatic heterocycles. The summed E-state index contributed by atoms with van der Waals surface area (Å²) in [7, 11) is 3.01. The summed E-state index contributed by atoms with van der Waals surface area (Å²) in [5.74, 6) is 0.315. The van der Waals surface area contributed by atoms with Crippen molar-refractivity contribution in [1.29, 1.82) is 0 Å². The van der Waals surface area contributed by atoms with Crippen LogP contribution < -0.4 is 19.6 Å². The van der Waals surface area contributed by atoms with Crippen molar-refractivity contribution in [3.8, 4) is 28.6 Å². The molecule has 0 bridgehead atoms. The van der Waals surface area contributed by atoms with Crippen LogP contribution in [0.1, 0.15) is 5.56 Å². The van der Waals surface area contributed by atoms with Gasteiger partial charge in [-0.2, -0.15) is 5.10 Å². The van der Waals surface area contributed by atoms with Crippen LogP contribution in [0.2, 0.25) is 10.0 Å². The van der Waals surface area contributed by atoms with Gasteiger partial charge in [0.15, 0.2) is 18.1 Å². The van der Waals surface area contributed by atoms with Gasteiger partial charge in [-0.05, 0) is 60.2 Å². The molecule has 196 valence electrons. The molecular weight excluding hydrogens is 535 g/mol. The normalized spacial score (nSPS) is 11.1. The number of amides is 1. The monoisotopic (exact) mass is 556 g/mol. The minimum Gasteiger partial charge on any atom is -0.497 e. The number of carbonyl (C=O) groups is 2. The smallest absolute Gasteiger partial charge is 0.341 e. The second kappa shape index (κ2) is 11.8. The Balaban J connectivity index is 1.55. The van der Waals surface area contributed by atoms with Gasteiger partial charge in [0.1, 0.15) is 18.1 Å². The van der Waals surface area contributed by atoms with Gasteiger partial charge in [-0.15, -0.1) is 0 Å². The van der Waals surface area contributed by atoms with Gasteiger partial charge < -0.3 is 23.9 Å². The Morgan fingerprint density at radius 2 is 1.76 bits per heavy atom. The summed E-state index contributed by atoms with van der Waals surface area (Å²) in [6, 6.07) is 15.4. The Labute approximate surface area is 227 Å². The summed E-state index contributed by atoms with van der Waals surface area (Å²) in [5.41, 5.74) is 5.08. The van der Waals surface area contributed by atoms with E-state index in [0.29, 0.717) is 44.0 Å². The lowest BCUT2D eigenvalue weighted by Gasteiger charge is -2.10. The maximum absolute atomic E-state index is 12.9. The van der Waals surface area contributed by atoms with Crippen molar-refractivity contribution in [3.63, 3.8) is 0 Å². The highest BCUT2D eigenvalue weighted by Crippen LogP contribution is 2.32. The third kappa shape index (κ3) is 6.16. The van der Waals surface area contributed by atoms with Crippen molar-refractivity contribution < 1.29 is 28.9 Å². The number of imidazole rings is 1. The van der Waals surface area contributed by atoms with Crippen molar-refractivity contribution in [3.05, 3.63) is 70.2 Å². The van der Waals surface area contributed by atoms with Gasteiger partial charge in [0.25, 0.3) is 5.91 Å². The number of rotatable bonds is 10. The molecule has 0 spiro atoms. The zero-order valence-electron chi connectivity index (χ0n) is 20.3. The maximum Gasteiger partial charge on any atom is 0.341 e. The van der Waals surface area contributed by atoms with Crippen molar-refractivity contribution in [2.24, 2.45) is 5.10 Å². The lowest BCUT2D eigenvalue weighted by atomic mass is 10.2. The third-order valence-corrected chi connectivity index (χ3v) is 6.10. The number of halogens is 2. The topological polar surface area (TPSA) is 124 Å². The molecule has 38 heavy (non-hydrogen) atoms. The summed E-state index contributed by atoms with van der Waals surface area (Å²) >= 11 is 12.4. The first-order valence-electron chi connectivity index (χ1n) is 11.1. The molecule has 2 N–H and O–H groups in total. The number of aromatic nitrogens is 2.